The molecule has 1 aliphatic heterocycles. The zero-order valence-electron chi connectivity index (χ0n) is 9.77. The number of likely N-dealkylation sites (tertiary alicyclic amines) is 1. The smallest absolute Gasteiger partial charge is 0.223 e. The summed E-state index contributed by atoms with van der Waals surface area (Å²) in [6, 6.07) is 0. The van der Waals surface area contributed by atoms with Crippen molar-refractivity contribution >= 4 is 5.91 Å². The van der Waals surface area contributed by atoms with Crippen LogP contribution in [-0.2, 0) is 4.79 Å². The van der Waals surface area contributed by atoms with Crippen LogP contribution in [0.1, 0.15) is 32.1 Å². The van der Waals surface area contributed by atoms with Crippen LogP contribution >= 0.6 is 0 Å². The van der Waals surface area contributed by atoms with E-state index in [1.54, 1.807) is 0 Å². The predicted molar refractivity (Wildman–Crippen MR) is 62.8 cm³/mol. The Kier molecular flexibility index (Phi) is 3.64. The third-order valence-corrected chi connectivity index (χ3v) is 3.90. The van der Waals surface area contributed by atoms with E-state index in [4.69, 9.17) is 0 Å². The Labute approximate surface area is 97.1 Å². The highest BCUT2D eigenvalue weighted by atomic mass is 16.3. The lowest BCUT2D eigenvalue weighted by molar-refractivity contribution is -0.128. The van der Waals surface area contributed by atoms with Crippen LogP contribution in [0.25, 0.3) is 0 Å². The molecule has 1 amide bonds. The molecule has 0 aromatic heterocycles. The quantitative estimate of drug-likeness (QED) is 0.738. The summed E-state index contributed by atoms with van der Waals surface area (Å²) in [5.41, 5.74) is 0. The van der Waals surface area contributed by atoms with Gasteiger partial charge in [-0.25, -0.2) is 0 Å². The van der Waals surface area contributed by atoms with Gasteiger partial charge in [-0.1, -0.05) is 18.9 Å². The van der Waals surface area contributed by atoms with E-state index in [1.165, 1.54) is 6.42 Å². The Morgan fingerprint density at radius 2 is 2.19 bits per heavy atom. The molecule has 1 saturated carbocycles. The van der Waals surface area contributed by atoms with E-state index in [9.17, 15) is 9.90 Å². The SMILES string of the molecule is C=CC1CC(=O)N(CC2CCCCC2O)C1. The van der Waals surface area contributed by atoms with Gasteiger partial charge in [0.1, 0.15) is 0 Å². The van der Waals surface area contributed by atoms with Gasteiger partial charge in [-0.2, -0.15) is 0 Å². The van der Waals surface area contributed by atoms with E-state index in [0.29, 0.717) is 18.3 Å². The number of aliphatic hydroxyl groups is 1. The van der Waals surface area contributed by atoms with Gasteiger partial charge in [-0.15, -0.1) is 6.58 Å². The molecule has 3 heteroatoms. The van der Waals surface area contributed by atoms with Gasteiger partial charge >= 0.3 is 0 Å². The molecule has 1 aliphatic carbocycles. The Morgan fingerprint density at radius 3 is 2.81 bits per heavy atom. The van der Waals surface area contributed by atoms with Crippen molar-refractivity contribution in [1.82, 2.24) is 4.90 Å². The fraction of sp³-hybridized carbons (Fsp3) is 0.769. The third-order valence-electron chi connectivity index (χ3n) is 3.90. The molecule has 16 heavy (non-hydrogen) atoms. The van der Waals surface area contributed by atoms with Crippen molar-refractivity contribution in [2.24, 2.45) is 11.8 Å². The van der Waals surface area contributed by atoms with E-state index < -0.39 is 0 Å². The number of nitrogens with zero attached hydrogens (tertiary/aromatic N) is 1. The standard InChI is InChI=1S/C13H21NO2/c1-2-10-7-13(16)14(8-10)9-11-5-3-4-6-12(11)15/h2,10-12,15H,1,3-9H2. The summed E-state index contributed by atoms with van der Waals surface area (Å²) in [4.78, 5) is 13.6. The number of rotatable bonds is 3. The summed E-state index contributed by atoms with van der Waals surface area (Å²) in [5.74, 6) is 0.831. The molecule has 2 rings (SSSR count). The number of aliphatic hydroxyl groups excluding tert-OH is 1. The van der Waals surface area contributed by atoms with Crippen LogP contribution in [-0.4, -0.2) is 35.1 Å². The molecule has 90 valence electrons. The van der Waals surface area contributed by atoms with Crippen LogP contribution < -0.4 is 0 Å². The fourth-order valence-electron chi connectivity index (χ4n) is 2.82. The number of carbonyl (C=O) groups is 1. The molecule has 2 fully saturated rings. The molecule has 3 nitrogen and oxygen atoms in total. The van der Waals surface area contributed by atoms with Gasteiger partial charge in [0.05, 0.1) is 6.10 Å². The third kappa shape index (κ3) is 2.46. The van der Waals surface area contributed by atoms with Gasteiger partial charge in [0, 0.05) is 31.3 Å². The molecule has 0 aromatic rings. The number of amides is 1. The second-order valence-electron chi connectivity index (χ2n) is 5.11. The minimum absolute atomic E-state index is 0.204. The highest BCUT2D eigenvalue weighted by Crippen LogP contribution is 2.27. The Morgan fingerprint density at radius 1 is 1.44 bits per heavy atom. The summed E-state index contributed by atoms with van der Waals surface area (Å²) in [6.45, 7) is 5.28. The van der Waals surface area contributed by atoms with Crippen LogP contribution in [0.15, 0.2) is 12.7 Å². The van der Waals surface area contributed by atoms with Crippen LogP contribution in [0.3, 0.4) is 0 Å². The van der Waals surface area contributed by atoms with Crippen molar-refractivity contribution in [3.63, 3.8) is 0 Å². The summed E-state index contributed by atoms with van der Waals surface area (Å²) in [5, 5.41) is 9.88. The number of hydrogen-bond acceptors (Lipinski definition) is 2. The maximum Gasteiger partial charge on any atom is 0.223 e. The summed E-state index contributed by atoms with van der Waals surface area (Å²) >= 11 is 0. The first kappa shape index (κ1) is 11.6. The predicted octanol–water partition coefficient (Wildman–Crippen LogP) is 1.57. The summed E-state index contributed by atoms with van der Waals surface area (Å²) < 4.78 is 0. The minimum Gasteiger partial charge on any atom is -0.393 e. The van der Waals surface area contributed by atoms with Gasteiger partial charge in [-0.05, 0) is 12.8 Å². The summed E-state index contributed by atoms with van der Waals surface area (Å²) in [6.07, 6.45) is 6.54. The van der Waals surface area contributed by atoms with E-state index in [0.717, 1.165) is 32.4 Å². The highest BCUT2D eigenvalue weighted by molar-refractivity contribution is 5.79. The number of hydrogen-bond donors (Lipinski definition) is 1. The lowest BCUT2D eigenvalue weighted by Gasteiger charge is -2.31. The molecule has 0 spiro atoms. The first-order chi connectivity index (χ1) is 7.70. The lowest BCUT2D eigenvalue weighted by Crippen LogP contribution is -2.37. The molecule has 1 N–H and O–H groups in total. The molecule has 3 atom stereocenters. The van der Waals surface area contributed by atoms with Crippen molar-refractivity contribution in [2.75, 3.05) is 13.1 Å². The maximum absolute atomic E-state index is 11.7. The molecule has 0 aromatic carbocycles. The van der Waals surface area contributed by atoms with Crippen molar-refractivity contribution in [3.8, 4) is 0 Å². The fourth-order valence-corrected chi connectivity index (χ4v) is 2.82. The Bertz CT molecular complexity index is 277. The van der Waals surface area contributed by atoms with E-state index in [-0.39, 0.29) is 12.0 Å². The van der Waals surface area contributed by atoms with Gasteiger partial charge in [0.15, 0.2) is 0 Å². The van der Waals surface area contributed by atoms with Gasteiger partial charge in [0.2, 0.25) is 5.91 Å². The van der Waals surface area contributed by atoms with Crippen LogP contribution in [0.5, 0.6) is 0 Å². The van der Waals surface area contributed by atoms with Gasteiger partial charge in [0.25, 0.3) is 0 Å². The Balaban J connectivity index is 1.89. The monoisotopic (exact) mass is 223 g/mol. The molecular weight excluding hydrogens is 202 g/mol. The Hall–Kier alpha value is -0.830. The average Bonchev–Trinajstić information content (AvgIpc) is 2.63. The lowest BCUT2D eigenvalue weighted by atomic mass is 9.86. The van der Waals surface area contributed by atoms with E-state index in [2.05, 4.69) is 6.58 Å². The van der Waals surface area contributed by atoms with Crippen molar-refractivity contribution in [3.05, 3.63) is 12.7 Å². The topological polar surface area (TPSA) is 40.5 Å². The normalized spacial score (nSPS) is 35.4. The molecular formula is C13H21NO2. The van der Waals surface area contributed by atoms with E-state index >= 15 is 0 Å². The zero-order valence-corrected chi connectivity index (χ0v) is 9.77. The van der Waals surface area contributed by atoms with Crippen LogP contribution in [0, 0.1) is 11.8 Å². The van der Waals surface area contributed by atoms with Crippen molar-refractivity contribution in [2.45, 2.75) is 38.2 Å². The minimum atomic E-state index is -0.204. The summed E-state index contributed by atoms with van der Waals surface area (Å²) in [7, 11) is 0. The van der Waals surface area contributed by atoms with Crippen LogP contribution in [0.2, 0.25) is 0 Å². The zero-order chi connectivity index (χ0) is 11.5. The van der Waals surface area contributed by atoms with Gasteiger partial charge in [-0.3, -0.25) is 4.79 Å². The first-order valence-corrected chi connectivity index (χ1v) is 6.29. The molecule has 0 bridgehead atoms. The molecule has 2 aliphatic rings. The molecule has 1 saturated heterocycles. The maximum atomic E-state index is 11.7. The van der Waals surface area contributed by atoms with E-state index in [1.807, 2.05) is 11.0 Å². The second kappa shape index (κ2) is 5.00. The van der Waals surface area contributed by atoms with Gasteiger partial charge < -0.3 is 10.0 Å². The van der Waals surface area contributed by atoms with Crippen LogP contribution in [0.4, 0.5) is 0 Å². The molecule has 1 heterocycles. The average molecular weight is 223 g/mol. The first-order valence-electron chi connectivity index (χ1n) is 6.29. The van der Waals surface area contributed by atoms with Crippen molar-refractivity contribution in [1.29, 1.82) is 0 Å². The highest BCUT2D eigenvalue weighted by Gasteiger charge is 2.32. The largest absolute Gasteiger partial charge is 0.393 e. The molecule has 0 radical (unpaired) electrons. The number of carbonyl (C=O) groups excluding carboxylic acids is 1. The van der Waals surface area contributed by atoms with Crippen molar-refractivity contribution < 1.29 is 9.90 Å². The second-order valence-corrected chi connectivity index (χ2v) is 5.11. The molecule has 3 unspecified atom stereocenters.